The highest BCUT2D eigenvalue weighted by Gasteiger charge is 2.25. The number of carbonyl (C=O) groups is 1. The number of hydrogen-bond donors (Lipinski definition) is 2. The molecule has 3 aromatic carbocycles. The lowest BCUT2D eigenvalue weighted by Crippen LogP contribution is -2.44. The second-order valence-electron chi connectivity index (χ2n) is 12.4. The molecule has 13 nitrogen and oxygen atoms in total. The van der Waals surface area contributed by atoms with Crippen LogP contribution in [-0.4, -0.2) is 106 Å². The van der Waals surface area contributed by atoms with Gasteiger partial charge in [-0.15, -0.1) is 0 Å². The van der Waals surface area contributed by atoms with Gasteiger partial charge < -0.3 is 43.9 Å². The molecule has 51 heavy (non-hydrogen) atoms. The van der Waals surface area contributed by atoms with E-state index in [1.807, 2.05) is 38.1 Å². The lowest BCUT2D eigenvalue weighted by molar-refractivity contribution is 0.145. The van der Waals surface area contributed by atoms with Gasteiger partial charge in [-0.05, 0) is 62.2 Å². The molecule has 1 saturated heterocycles. The standard InChI is InChI=1S/C38H48N6O7/c1-25-10-8-11-28(26(25)2)35-29(30(47-4)12-13-31(35)48-5)24-44(38(45)46)34-14-15-39-37(41-34)40-27-22-32(49-6)36(50-7)33(23-27)51-21-9-16-43-19-17-42(3)18-20-43/h8,10-15,22-23H,9,16-21,24H2,1-7H3,(H,45,46)(H,39,40,41). The van der Waals surface area contributed by atoms with E-state index in [4.69, 9.17) is 23.7 Å². The number of nitrogens with zero attached hydrogens (tertiary/aromatic N) is 5. The van der Waals surface area contributed by atoms with E-state index in [-0.39, 0.29) is 18.3 Å². The first kappa shape index (κ1) is 37.0. The zero-order valence-electron chi connectivity index (χ0n) is 30.5. The third kappa shape index (κ3) is 8.73. The van der Waals surface area contributed by atoms with Crippen molar-refractivity contribution in [3.63, 3.8) is 0 Å². The molecule has 0 aliphatic carbocycles. The first-order valence-electron chi connectivity index (χ1n) is 16.9. The van der Waals surface area contributed by atoms with Crippen molar-refractivity contribution in [2.45, 2.75) is 26.8 Å². The molecule has 0 radical (unpaired) electrons. The minimum atomic E-state index is -1.20. The minimum absolute atomic E-state index is 0.0721. The summed E-state index contributed by atoms with van der Waals surface area (Å²) < 4.78 is 29.0. The van der Waals surface area contributed by atoms with Gasteiger partial charge in [0.05, 0.1) is 41.6 Å². The number of aryl methyl sites for hydroxylation is 1. The SMILES string of the molecule is COc1ccc(OC)c(-c2cccc(C)c2C)c1CN(C(=O)O)c1ccnc(Nc2cc(OC)c(OC)c(OCCCN3CCN(C)CC3)c2)n1. The summed E-state index contributed by atoms with van der Waals surface area (Å²) >= 11 is 0. The quantitative estimate of drug-likeness (QED) is 0.136. The Morgan fingerprint density at radius 1 is 0.902 bits per heavy atom. The van der Waals surface area contributed by atoms with Crippen LogP contribution in [0.25, 0.3) is 11.1 Å². The summed E-state index contributed by atoms with van der Waals surface area (Å²) in [6.07, 6.45) is 1.16. The topological polar surface area (TPSA) is 131 Å². The Bertz CT molecular complexity index is 1810. The van der Waals surface area contributed by atoms with E-state index in [2.05, 4.69) is 32.1 Å². The van der Waals surface area contributed by atoms with E-state index >= 15 is 0 Å². The van der Waals surface area contributed by atoms with Gasteiger partial charge in [0.15, 0.2) is 11.5 Å². The second-order valence-corrected chi connectivity index (χ2v) is 12.4. The monoisotopic (exact) mass is 700 g/mol. The maximum absolute atomic E-state index is 12.9. The molecule has 272 valence electrons. The maximum atomic E-state index is 12.9. The molecule has 1 amide bonds. The average molecular weight is 701 g/mol. The lowest BCUT2D eigenvalue weighted by atomic mass is 9.92. The van der Waals surface area contributed by atoms with E-state index in [0.29, 0.717) is 46.6 Å². The van der Waals surface area contributed by atoms with Crippen LogP contribution in [0.3, 0.4) is 0 Å². The fraction of sp³-hybridized carbons (Fsp3) is 0.395. The number of anilines is 3. The predicted molar refractivity (Wildman–Crippen MR) is 198 cm³/mol. The number of piperazine rings is 1. The Balaban J connectivity index is 1.41. The van der Waals surface area contributed by atoms with Crippen LogP contribution in [0.4, 0.5) is 22.2 Å². The molecule has 0 atom stereocenters. The lowest BCUT2D eigenvalue weighted by Gasteiger charge is -2.32. The Morgan fingerprint density at radius 3 is 2.29 bits per heavy atom. The Labute approximate surface area is 299 Å². The van der Waals surface area contributed by atoms with E-state index < -0.39 is 6.09 Å². The van der Waals surface area contributed by atoms with Gasteiger partial charge in [0.25, 0.3) is 0 Å². The van der Waals surface area contributed by atoms with Crippen molar-refractivity contribution in [3.8, 4) is 39.9 Å². The van der Waals surface area contributed by atoms with Gasteiger partial charge in [-0.2, -0.15) is 4.98 Å². The molecule has 5 rings (SSSR count). The van der Waals surface area contributed by atoms with Crippen LogP contribution in [0.2, 0.25) is 0 Å². The minimum Gasteiger partial charge on any atom is -0.496 e. The molecule has 2 heterocycles. The zero-order valence-corrected chi connectivity index (χ0v) is 30.5. The summed E-state index contributed by atoms with van der Waals surface area (Å²) in [4.78, 5) is 27.8. The molecular formula is C38H48N6O7. The predicted octanol–water partition coefficient (Wildman–Crippen LogP) is 6.24. The van der Waals surface area contributed by atoms with Gasteiger partial charge >= 0.3 is 6.09 Å². The van der Waals surface area contributed by atoms with Crippen molar-refractivity contribution in [1.29, 1.82) is 0 Å². The number of amides is 1. The molecule has 4 aromatic rings. The first-order chi connectivity index (χ1) is 24.7. The number of carboxylic acid groups (broad SMARTS) is 1. The highest BCUT2D eigenvalue weighted by atomic mass is 16.5. The Hall–Kier alpha value is -5.27. The summed E-state index contributed by atoms with van der Waals surface area (Å²) in [5.74, 6) is 2.90. The molecule has 1 aliphatic rings. The second kappa shape index (κ2) is 17.1. The normalized spacial score (nSPS) is 13.4. The van der Waals surface area contributed by atoms with Gasteiger partial charge in [-0.25, -0.2) is 9.78 Å². The van der Waals surface area contributed by atoms with Crippen LogP contribution in [0.15, 0.2) is 54.7 Å². The van der Waals surface area contributed by atoms with Crippen molar-refractivity contribution >= 4 is 23.5 Å². The fourth-order valence-corrected chi connectivity index (χ4v) is 6.19. The van der Waals surface area contributed by atoms with E-state index in [9.17, 15) is 9.90 Å². The molecule has 2 N–H and O–H groups in total. The third-order valence-corrected chi connectivity index (χ3v) is 9.18. The van der Waals surface area contributed by atoms with Crippen LogP contribution in [-0.2, 0) is 6.54 Å². The van der Waals surface area contributed by atoms with Crippen molar-refractivity contribution < 1.29 is 33.6 Å². The summed E-state index contributed by atoms with van der Waals surface area (Å²) in [5, 5.41) is 13.7. The van der Waals surface area contributed by atoms with Crippen LogP contribution >= 0.6 is 0 Å². The number of methoxy groups -OCH3 is 4. The first-order valence-corrected chi connectivity index (χ1v) is 16.9. The van der Waals surface area contributed by atoms with Crippen LogP contribution in [0.5, 0.6) is 28.7 Å². The molecule has 1 fully saturated rings. The van der Waals surface area contributed by atoms with E-state index in [1.165, 1.54) is 6.20 Å². The molecule has 0 unspecified atom stereocenters. The molecule has 13 heteroatoms. The number of benzene rings is 3. The summed E-state index contributed by atoms with van der Waals surface area (Å²) in [7, 11) is 8.42. The molecule has 1 aromatic heterocycles. The summed E-state index contributed by atoms with van der Waals surface area (Å²) in [5.41, 5.74) is 5.02. The van der Waals surface area contributed by atoms with Crippen LogP contribution in [0.1, 0.15) is 23.1 Å². The highest BCUT2D eigenvalue weighted by Crippen LogP contribution is 2.43. The highest BCUT2D eigenvalue weighted by molar-refractivity contribution is 5.87. The number of rotatable bonds is 15. The van der Waals surface area contributed by atoms with Crippen LogP contribution in [0, 0.1) is 13.8 Å². The number of likely N-dealkylation sites (N-methyl/N-ethyl adjacent to an activating group) is 1. The van der Waals surface area contributed by atoms with Crippen molar-refractivity contribution in [2.75, 3.05) is 85.0 Å². The van der Waals surface area contributed by atoms with Gasteiger partial charge in [0.1, 0.15) is 17.3 Å². The smallest absolute Gasteiger partial charge is 0.413 e. The van der Waals surface area contributed by atoms with Crippen molar-refractivity contribution in [1.82, 2.24) is 19.8 Å². The molecule has 1 aliphatic heterocycles. The Morgan fingerprint density at radius 2 is 1.61 bits per heavy atom. The third-order valence-electron chi connectivity index (χ3n) is 9.18. The fourth-order valence-electron chi connectivity index (χ4n) is 6.19. The largest absolute Gasteiger partial charge is 0.496 e. The van der Waals surface area contributed by atoms with Crippen LogP contribution < -0.4 is 33.9 Å². The van der Waals surface area contributed by atoms with Crippen molar-refractivity contribution in [2.24, 2.45) is 0 Å². The van der Waals surface area contributed by atoms with Gasteiger partial charge in [0, 0.05) is 67.9 Å². The van der Waals surface area contributed by atoms with E-state index in [1.54, 1.807) is 52.7 Å². The molecular weight excluding hydrogens is 652 g/mol. The number of nitrogens with one attached hydrogen (secondary N) is 1. The van der Waals surface area contributed by atoms with Gasteiger partial charge in [-0.1, -0.05) is 18.2 Å². The summed E-state index contributed by atoms with van der Waals surface area (Å²) in [6, 6.07) is 14.7. The molecule has 0 spiro atoms. The summed E-state index contributed by atoms with van der Waals surface area (Å²) in [6.45, 7) is 9.66. The van der Waals surface area contributed by atoms with Gasteiger partial charge in [0.2, 0.25) is 11.7 Å². The number of ether oxygens (including phenoxy) is 5. The zero-order chi connectivity index (χ0) is 36.5. The number of aromatic nitrogens is 2. The molecule has 0 saturated carbocycles. The average Bonchev–Trinajstić information content (AvgIpc) is 3.13. The maximum Gasteiger partial charge on any atom is 0.413 e. The van der Waals surface area contributed by atoms with Crippen molar-refractivity contribution in [3.05, 3.63) is 71.4 Å². The molecule has 0 bridgehead atoms. The van der Waals surface area contributed by atoms with Gasteiger partial charge in [-0.3, -0.25) is 4.90 Å². The van der Waals surface area contributed by atoms with E-state index in [0.717, 1.165) is 66.3 Å². The number of hydrogen-bond acceptors (Lipinski definition) is 11. The Kier molecular flexibility index (Phi) is 12.4.